The van der Waals surface area contributed by atoms with Crippen molar-refractivity contribution in [2.45, 2.75) is 38.6 Å². The Morgan fingerprint density at radius 2 is 2.00 bits per heavy atom. The van der Waals surface area contributed by atoms with E-state index in [2.05, 4.69) is 17.2 Å². The molecule has 0 bridgehead atoms. The van der Waals surface area contributed by atoms with Crippen LogP contribution in [0.15, 0.2) is 30.5 Å². The summed E-state index contributed by atoms with van der Waals surface area (Å²) in [7, 11) is 0. The maximum Gasteiger partial charge on any atom is 0.278 e. The third-order valence-electron chi connectivity index (χ3n) is 4.32. The molecular weight excluding hydrogens is 266 g/mol. The van der Waals surface area contributed by atoms with E-state index in [0.717, 1.165) is 24.4 Å². The van der Waals surface area contributed by atoms with Crippen LogP contribution in [0.3, 0.4) is 0 Å². The van der Waals surface area contributed by atoms with Gasteiger partial charge >= 0.3 is 0 Å². The molecule has 110 valence electrons. The molecule has 0 radical (unpaired) electrons. The Morgan fingerprint density at radius 1 is 1.24 bits per heavy atom. The van der Waals surface area contributed by atoms with E-state index in [9.17, 15) is 10.1 Å². The summed E-state index contributed by atoms with van der Waals surface area (Å²) in [5.74, 6) is 0.801. The van der Waals surface area contributed by atoms with E-state index in [1.807, 2.05) is 0 Å². The van der Waals surface area contributed by atoms with Gasteiger partial charge in [0.2, 0.25) is 0 Å². The number of nitrogens with zero attached hydrogens (tertiary/aromatic N) is 2. The van der Waals surface area contributed by atoms with E-state index in [0.29, 0.717) is 16.9 Å². The number of nitro groups is 1. The maximum atomic E-state index is 11.1. The van der Waals surface area contributed by atoms with Crippen molar-refractivity contribution in [1.82, 2.24) is 4.98 Å². The van der Waals surface area contributed by atoms with Gasteiger partial charge in [-0.15, -0.1) is 0 Å². The summed E-state index contributed by atoms with van der Waals surface area (Å²) in [5, 5.41) is 15.2. The molecule has 2 aromatic rings. The zero-order chi connectivity index (χ0) is 14.8. The number of benzene rings is 1. The molecule has 1 aromatic heterocycles. The van der Waals surface area contributed by atoms with Gasteiger partial charge in [0, 0.05) is 18.3 Å². The lowest BCUT2D eigenvalue weighted by Gasteiger charge is -2.28. The summed E-state index contributed by atoms with van der Waals surface area (Å²) in [6.45, 7) is 2.29. The average molecular weight is 285 g/mol. The fourth-order valence-corrected chi connectivity index (χ4v) is 3.06. The number of aromatic nitrogens is 1. The number of nitrogens with one attached hydrogen (secondary N) is 1. The molecule has 0 amide bonds. The average Bonchev–Trinajstić information content (AvgIpc) is 2.49. The van der Waals surface area contributed by atoms with Crippen molar-refractivity contribution < 1.29 is 4.92 Å². The van der Waals surface area contributed by atoms with Gasteiger partial charge in [0.1, 0.15) is 5.52 Å². The van der Waals surface area contributed by atoms with Gasteiger partial charge in [-0.25, -0.2) is 0 Å². The molecule has 1 saturated carbocycles. The number of pyridine rings is 1. The zero-order valence-corrected chi connectivity index (χ0v) is 12.1. The molecule has 0 atom stereocenters. The highest BCUT2D eigenvalue weighted by Crippen LogP contribution is 2.32. The van der Waals surface area contributed by atoms with Crippen LogP contribution in [-0.2, 0) is 0 Å². The minimum absolute atomic E-state index is 0.112. The van der Waals surface area contributed by atoms with E-state index in [-0.39, 0.29) is 10.6 Å². The first-order chi connectivity index (χ1) is 10.1. The second-order valence-corrected chi connectivity index (χ2v) is 5.89. The molecule has 1 N–H and O–H groups in total. The van der Waals surface area contributed by atoms with E-state index < -0.39 is 0 Å². The fraction of sp³-hybridized carbons (Fsp3) is 0.438. The van der Waals surface area contributed by atoms with Gasteiger partial charge in [0.25, 0.3) is 5.69 Å². The molecule has 1 fully saturated rings. The topological polar surface area (TPSA) is 68.1 Å². The van der Waals surface area contributed by atoms with Crippen LogP contribution in [0.5, 0.6) is 0 Å². The SMILES string of the molecule is CC1CCC(Nc2ccc([N+](=O)[O-])c3cccnc23)CC1. The number of hydrogen-bond acceptors (Lipinski definition) is 4. The van der Waals surface area contributed by atoms with Crippen molar-refractivity contribution in [3.05, 3.63) is 40.6 Å². The molecule has 1 heterocycles. The first-order valence-corrected chi connectivity index (χ1v) is 7.44. The minimum Gasteiger partial charge on any atom is -0.381 e. The first kappa shape index (κ1) is 13.8. The normalized spacial score (nSPS) is 22.1. The summed E-state index contributed by atoms with van der Waals surface area (Å²) in [5.41, 5.74) is 1.70. The standard InChI is InChI=1S/C16H19N3O2/c1-11-4-6-12(7-5-11)18-14-8-9-15(19(20)21)13-3-2-10-17-16(13)14/h2-3,8-12,18H,4-7H2,1H3. The molecule has 1 aromatic carbocycles. The van der Waals surface area contributed by atoms with Gasteiger partial charge in [-0.3, -0.25) is 15.1 Å². The van der Waals surface area contributed by atoms with Crippen LogP contribution >= 0.6 is 0 Å². The second kappa shape index (κ2) is 5.68. The smallest absolute Gasteiger partial charge is 0.278 e. The number of fused-ring (bicyclic) bond motifs is 1. The third kappa shape index (κ3) is 2.82. The van der Waals surface area contributed by atoms with Gasteiger partial charge < -0.3 is 5.32 Å². The summed E-state index contributed by atoms with van der Waals surface area (Å²) in [6.07, 6.45) is 6.44. The molecule has 21 heavy (non-hydrogen) atoms. The monoisotopic (exact) mass is 285 g/mol. The third-order valence-corrected chi connectivity index (χ3v) is 4.32. The summed E-state index contributed by atoms with van der Waals surface area (Å²) in [4.78, 5) is 15.1. The number of hydrogen-bond donors (Lipinski definition) is 1. The predicted octanol–water partition coefficient (Wildman–Crippen LogP) is 4.13. The Morgan fingerprint density at radius 3 is 2.71 bits per heavy atom. The van der Waals surface area contributed by atoms with E-state index in [1.165, 1.54) is 12.8 Å². The lowest BCUT2D eigenvalue weighted by Crippen LogP contribution is -2.25. The van der Waals surface area contributed by atoms with Gasteiger partial charge in [-0.05, 0) is 49.8 Å². The molecule has 3 rings (SSSR count). The van der Waals surface area contributed by atoms with Gasteiger partial charge in [-0.2, -0.15) is 0 Å². The van der Waals surface area contributed by atoms with E-state index in [1.54, 1.807) is 30.5 Å². The van der Waals surface area contributed by atoms with Crippen molar-refractivity contribution in [2.24, 2.45) is 5.92 Å². The first-order valence-electron chi connectivity index (χ1n) is 7.44. The zero-order valence-electron chi connectivity index (χ0n) is 12.1. The van der Waals surface area contributed by atoms with Crippen molar-refractivity contribution in [3.63, 3.8) is 0 Å². The minimum atomic E-state index is -0.351. The lowest BCUT2D eigenvalue weighted by atomic mass is 9.87. The highest BCUT2D eigenvalue weighted by molar-refractivity contribution is 5.96. The summed E-state index contributed by atoms with van der Waals surface area (Å²) < 4.78 is 0. The molecule has 5 heteroatoms. The second-order valence-electron chi connectivity index (χ2n) is 5.89. The van der Waals surface area contributed by atoms with Crippen LogP contribution in [-0.4, -0.2) is 15.9 Å². The predicted molar refractivity (Wildman–Crippen MR) is 83.4 cm³/mol. The van der Waals surface area contributed by atoms with Crippen LogP contribution in [0.4, 0.5) is 11.4 Å². The molecule has 0 spiro atoms. The summed E-state index contributed by atoms with van der Waals surface area (Å²) >= 11 is 0. The maximum absolute atomic E-state index is 11.1. The van der Waals surface area contributed by atoms with Gasteiger partial charge in [0.15, 0.2) is 0 Å². The molecule has 5 nitrogen and oxygen atoms in total. The number of anilines is 1. The van der Waals surface area contributed by atoms with Gasteiger partial charge in [-0.1, -0.05) is 6.92 Å². The lowest BCUT2D eigenvalue weighted by molar-refractivity contribution is -0.383. The molecule has 0 aliphatic heterocycles. The summed E-state index contributed by atoms with van der Waals surface area (Å²) in [6, 6.07) is 7.28. The molecule has 1 aliphatic carbocycles. The number of rotatable bonds is 3. The van der Waals surface area contributed by atoms with Crippen molar-refractivity contribution >= 4 is 22.3 Å². The quantitative estimate of drug-likeness (QED) is 0.680. The number of non-ortho nitro benzene ring substituents is 1. The van der Waals surface area contributed by atoms with Crippen LogP contribution in [0, 0.1) is 16.0 Å². The Labute approximate surface area is 123 Å². The van der Waals surface area contributed by atoms with E-state index in [4.69, 9.17) is 0 Å². The highest BCUT2D eigenvalue weighted by atomic mass is 16.6. The van der Waals surface area contributed by atoms with Crippen LogP contribution < -0.4 is 5.32 Å². The van der Waals surface area contributed by atoms with Crippen LogP contribution in [0.1, 0.15) is 32.6 Å². The van der Waals surface area contributed by atoms with E-state index >= 15 is 0 Å². The van der Waals surface area contributed by atoms with Gasteiger partial charge in [0.05, 0.1) is 16.0 Å². The highest BCUT2D eigenvalue weighted by Gasteiger charge is 2.20. The van der Waals surface area contributed by atoms with Crippen LogP contribution in [0.2, 0.25) is 0 Å². The Balaban J connectivity index is 1.93. The fourth-order valence-electron chi connectivity index (χ4n) is 3.06. The molecule has 0 unspecified atom stereocenters. The van der Waals surface area contributed by atoms with Crippen molar-refractivity contribution in [1.29, 1.82) is 0 Å². The van der Waals surface area contributed by atoms with Crippen molar-refractivity contribution in [3.8, 4) is 0 Å². The Hall–Kier alpha value is -2.17. The number of nitro benzene ring substituents is 1. The molecule has 0 saturated heterocycles. The largest absolute Gasteiger partial charge is 0.381 e. The van der Waals surface area contributed by atoms with Crippen LogP contribution in [0.25, 0.3) is 10.9 Å². The Kier molecular flexibility index (Phi) is 3.73. The molecule has 1 aliphatic rings. The molecular formula is C16H19N3O2. The Bertz CT molecular complexity index is 664. The van der Waals surface area contributed by atoms with Crippen molar-refractivity contribution in [2.75, 3.05) is 5.32 Å².